The molecular weight excluding hydrogens is 681 g/mol. The minimum Gasteiger partial charge on any atom is -0.455 e. The molecule has 0 aliphatic rings. The number of para-hydroxylation sites is 3. The first kappa shape index (κ1) is 30.6. The maximum Gasteiger partial charge on any atom is 0.167 e. The lowest BCUT2D eigenvalue weighted by atomic mass is 9.98. The molecule has 5 nitrogen and oxygen atoms in total. The minimum atomic E-state index is 0.561. The Balaban J connectivity index is 1.06. The zero-order valence-electron chi connectivity index (χ0n) is 28.8. The van der Waals surface area contributed by atoms with Gasteiger partial charge in [0.2, 0.25) is 0 Å². The lowest BCUT2D eigenvalue weighted by molar-refractivity contribution is 0.669. The largest absolute Gasteiger partial charge is 0.455 e. The van der Waals surface area contributed by atoms with E-state index in [2.05, 4.69) is 109 Å². The Morgan fingerprint density at radius 3 is 1.85 bits per heavy atom. The van der Waals surface area contributed by atoms with Crippen molar-refractivity contribution in [1.82, 2.24) is 19.9 Å². The molecule has 0 amide bonds. The molecule has 11 aromatic rings. The van der Waals surface area contributed by atoms with E-state index < -0.39 is 0 Å². The van der Waals surface area contributed by atoms with Crippen LogP contribution in [0.2, 0.25) is 0 Å². The van der Waals surface area contributed by atoms with Crippen molar-refractivity contribution < 1.29 is 4.42 Å². The Bertz CT molecular complexity index is 3240. The molecule has 0 aliphatic carbocycles. The van der Waals surface area contributed by atoms with E-state index in [4.69, 9.17) is 24.4 Å². The van der Waals surface area contributed by atoms with Crippen molar-refractivity contribution in [3.63, 3.8) is 0 Å². The summed E-state index contributed by atoms with van der Waals surface area (Å²) < 4.78 is 8.88. The number of thiophene rings is 1. The first-order chi connectivity index (χ1) is 26.7. The van der Waals surface area contributed by atoms with E-state index in [-0.39, 0.29) is 0 Å². The van der Waals surface area contributed by atoms with Gasteiger partial charge in [0, 0.05) is 48.3 Å². The number of nitrogens with zero attached hydrogens (tertiary/aromatic N) is 4. The van der Waals surface area contributed by atoms with Crippen LogP contribution in [0.15, 0.2) is 174 Å². The molecule has 7 aromatic carbocycles. The summed E-state index contributed by atoms with van der Waals surface area (Å²) >= 11 is 1.81. The molecule has 0 radical (unpaired) electrons. The Labute approximate surface area is 313 Å². The average Bonchev–Trinajstić information content (AvgIpc) is 3.83. The average molecular weight is 709 g/mol. The second kappa shape index (κ2) is 12.3. The molecule has 0 spiro atoms. The van der Waals surface area contributed by atoms with Crippen LogP contribution in [0.1, 0.15) is 0 Å². The number of benzene rings is 7. The highest BCUT2D eigenvalue weighted by Gasteiger charge is 2.19. The molecule has 6 heteroatoms. The lowest BCUT2D eigenvalue weighted by Crippen LogP contribution is -2.00. The molecule has 54 heavy (non-hydrogen) atoms. The van der Waals surface area contributed by atoms with E-state index in [1.807, 2.05) is 72.0 Å². The zero-order chi connectivity index (χ0) is 35.6. The summed E-state index contributed by atoms with van der Waals surface area (Å²) in [6.45, 7) is 0. The fourth-order valence-corrected chi connectivity index (χ4v) is 8.81. The molecule has 4 aromatic heterocycles. The third-order valence-corrected chi connectivity index (χ3v) is 11.3. The summed E-state index contributed by atoms with van der Waals surface area (Å²) in [6, 6.07) is 58.5. The van der Waals surface area contributed by atoms with Gasteiger partial charge in [0.15, 0.2) is 17.5 Å². The Hall–Kier alpha value is -7.02. The summed E-state index contributed by atoms with van der Waals surface area (Å²) in [7, 11) is 0. The van der Waals surface area contributed by atoms with Crippen LogP contribution in [-0.4, -0.2) is 19.9 Å². The molecule has 4 heterocycles. The van der Waals surface area contributed by atoms with Gasteiger partial charge >= 0.3 is 0 Å². The highest BCUT2D eigenvalue weighted by molar-refractivity contribution is 7.26. The van der Waals surface area contributed by atoms with Crippen molar-refractivity contribution in [2.75, 3.05) is 0 Å². The van der Waals surface area contributed by atoms with Crippen LogP contribution in [0.5, 0.6) is 0 Å². The van der Waals surface area contributed by atoms with Crippen molar-refractivity contribution in [3.05, 3.63) is 170 Å². The van der Waals surface area contributed by atoms with Gasteiger partial charge in [0.05, 0.1) is 21.5 Å². The first-order valence-electron chi connectivity index (χ1n) is 17.9. The molecule has 0 aliphatic heterocycles. The molecule has 11 rings (SSSR count). The van der Waals surface area contributed by atoms with Crippen LogP contribution in [0, 0.1) is 0 Å². The van der Waals surface area contributed by atoms with Crippen molar-refractivity contribution >= 4 is 64.4 Å². The van der Waals surface area contributed by atoms with E-state index in [9.17, 15) is 0 Å². The van der Waals surface area contributed by atoms with Crippen molar-refractivity contribution in [2.24, 2.45) is 0 Å². The Morgan fingerprint density at radius 2 is 1.00 bits per heavy atom. The monoisotopic (exact) mass is 708 g/mol. The van der Waals surface area contributed by atoms with Gasteiger partial charge in [-0.2, -0.15) is 0 Å². The van der Waals surface area contributed by atoms with Crippen LogP contribution >= 0.6 is 11.3 Å². The van der Waals surface area contributed by atoms with Gasteiger partial charge in [-0.3, -0.25) is 0 Å². The van der Waals surface area contributed by atoms with Crippen molar-refractivity contribution in [3.8, 4) is 56.5 Å². The van der Waals surface area contributed by atoms with Crippen LogP contribution in [0.25, 0.3) is 110 Å². The number of aromatic nitrogens is 4. The number of fused-ring (bicyclic) bond motifs is 8. The van der Waals surface area contributed by atoms with E-state index in [1.54, 1.807) is 0 Å². The second-order valence-corrected chi connectivity index (χ2v) is 14.4. The quantitative estimate of drug-likeness (QED) is 0.178. The molecule has 0 atom stereocenters. The third kappa shape index (κ3) is 4.99. The van der Waals surface area contributed by atoms with Crippen LogP contribution in [0.4, 0.5) is 0 Å². The van der Waals surface area contributed by atoms with E-state index >= 15 is 0 Å². The summed E-state index contributed by atoms with van der Waals surface area (Å²) in [5, 5.41) is 5.81. The van der Waals surface area contributed by atoms with Gasteiger partial charge in [0.1, 0.15) is 11.2 Å². The molecule has 0 bridgehead atoms. The van der Waals surface area contributed by atoms with Crippen molar-refractivity contribution in [2.45, 2.75) is 0 Å². The fourth-order valence-electron chi connectivity index (χ4n) is 7.58. The maximum atomic E-state index is 6.42. The van der Waals surface area contributed by atoms with E-state index in [0.717, 1.165) is 66.5 Å². The summed E-state index contributed by atoms with van der Waals surface area (Å²) in [5.74, 6) is 1.75. The SMILES string of the molecule is c1ccc(-c2nc(-c3cccc(-c4cccc(-c5nc6ccccc6c6c5sc5ccccc56)c4)c3)nc(-c3cccc4c3oc3ccccc34)n2)cc1. The highest BCUT2D eigenvalue weighted by Crippen LogP contribution is 2.43. The number of hydrogen-bond donors (Lipinski definition) is 0. The molecule has 0 saturated heterocycles. The smallest absolute Gasteiger partial charge is 0.167 e. The lowest BCUT2D eigenvalue weighted by Gasteiger charge is -2.11. The Morgan fingerprint density at radius 1 is 0.407 bits per heavy atom. The zero-order valence-corrected chi connectivity index (χ0v) is 29.6. The van der Waals surface area contributed by atoms with Gasteiger partial charge in [0.25, 0.3) is 0 Å². The topological polar surface area (TPSA) is 64.7 Å². The summed E-state index contributed by atoms with van der Waals surface area (Å²) in [6.07, 6.45) is 0. The second-order valence-electron chi connectivity index (χ2n) is 13.4. The van der Waals surface area contributed by atoms with Crippen molar-refractivity contribution in [1.29, 1.82) is 0 Å². The number of hydrogen-bond acceptors (Lipinski definition) is 6. The van der Waals surface area contributed by atoms with E-state index in [0.29, 0.717) is 17.5 Å². The predicted octanol–water partition coefficient (Wildman–Crippen LogP) is 13.0. The maximum absolute atomic E-state index is 6.42. The van der Waals surface area contributed by atoms with Gasteiger partial charge in [-0.1, -0.05) is 133 Å². The normalized spacial score (nSPS) is 11.7. The standard InChI is InChI=1S/C48H28N4OS/c1-2-13-29(14-3-1)46-50-47(52-48(51-46)38-23-12-22-35-34-19-5-8-25-40(34)53-44(35)38)33-18-11-16-31(28-33)30-15-10-17-32(27-30)43-45-42(36-20-4-7-24-39(36)49-43)37-21-6-9-26-41(37)54-45/h1-28H. The van der Waals surface area contributed by atoms with Crippen LogP contribution in [0.3, 0.4) is 0 Å². The van der Waals surface area contributed by atoms with Gasteiger partial charge in [-0.05, 0) is 47.5 Å². The first-order valence-corrected chi connectivity index (χ1v) is 18.7. The molecule has 0 saturated carbocycles. The molecule has 0 N–H and O–H groups in total. The van der Waals surface area contributed by atoms with Crippen LogP contribution in [-0.2, 0) is 0 Å². The summed E-state index contributed by atoms with van der Waals surface area (Å²) in [4.78, 5) is 20.4. The summed E-state index contributed by atoms with van der Waals surface area (Å²) in [5.41, 5.74) is 9.44. The fraction of sp³-hybridized carbons (Fsp3) is 0. The Kier molecular flexibility index (Phi) is 6.97. The number of furan rings is 1. The molecular formula is C48H28N4OS. The van der Waals surface area contributed by atoms with Gasteiger partial charge < -0.3 is 4.42 Å². The predicted molar refractivity (Wildman–Crippen MR) is 222 cm³/mol. The highest BCUT2D eigenvalue weighted by atomic mass is 32.1. The molecule has 0 fully saturated rings. The molecule has 0 unspecified atom stereocenters. The number of rotatable bonds is 5. The number of pyridine rings is 1. The van der Waals surface area contributed by atoms with Gasteiger partial charge in [-0.25, -0.2) is 19.9 Å². The van der Waals surface area contributed by atoms with Gasteiger partial charge in [-0.15, -0.1) is 11.3 Å². The third-order valence-electron chi connectivity index (χ3n) is 10.1. The molecule has 252 valence electrons. The minimum absolute atomic E-state index is 0.561. The van der Waals surface area contributed by atoms with E-state index in [1.165, 1.54) is 25.6 Å². The van der Waals surface area contributed by atoms with Crippen LogP contribution < -0.4 is 0 Å².